The Hall–Kier alpha value is -0.550. The van der Waals surface area contributed by atoms with E-state index in [1.807, 2.05) is 0 Å². The quantitative estimate of drug-likeness (QED) is 0.628. The maximum absolute atomic E-state index is 10.4. The highest BCUT2D eigenvalue weighted by Gasteiger charge is 2.58. The maximum Gasteiger partial charge on any atom is 0.0861 e. The van der Waals surface area contributed by atoms with Crippen LogP contribution in [0.2, 0.25) is 0 Å². The molecule has 0 aromatic rings. The topological polar surface area (TPSA) is 44.0 Å². The summed E-state index contributed by atoms with van der Waals surface area (Å²) in [6.45, 7) is 0. The van der Waals surface area contributed by atoms with E-state index in [1.54, 1.807) is 0 Å². The molecule has 0 aromatic heterocycles. The summed E-state index contributed by atoms with van der Waals surface area (Å²) in [4.78, 5) is 0. The zero-order valence-corrected chi connectivity index (χ0v) is 8.05. The number of nitrogens with zero attached hydrogens (tertiary/aromatic N) is 1. The van der Waals surface area contributed by atoms with Gasteiger partial charge >= 0.3 is 0 Å². The largest absolute Gasteiger partial charge is 0.388 e. The van der Waals surface area contributed by atoms with Crippen molar-refractivity contribution >= 4 is 0 Å². The normalized spacial score (nSPS) is 30.2. The molecule has 0 bridgehead atoms. The lowest BCUT2D eigenvalue weighted by molar-refractivity contribution is -0.0235. The van der Waals surface area contributed by atoms with Gasteiger partial charge in [-0.05, 0) is 25.7 Å². The summed E-state index contributed by atoms with van der Waals surface area (Å²) in [7, 11) is 0. The van der Waals surface area contributed by atoms with E-state index in [0.29, 0.717) is 0 Å². The molecule has 72 valence electrons. The first kappa shape index (κ1) is 9.02. The first-order chi connectivity index (χ1) is 6.22. The molecule has 0 spiro atoms. The summed E-state index contributed by atoms with van der Waals surface area (Å²) in [5.41, 5.74) is -0.990. The Morgan fingerprint density at radius 1 is 0.923 bits per heavy atom. The number of nitriles is 1. The molecule has 0 heterocycles. The molecule has 0 radical (unpaired) electrons. The average Bonchev–Trinajstić information content (AvgIpc) is 2.89. The number of hydrogen-bond donors (Lipinski definition) is 1. The molecular weight excluding hydrogens is 162 g/mol. The lowest BCUT2D eigenvalue weighted by atomic mass is 9.79. The molecule has 1 N–H and O–H groups in total. The minimum absolute atomic E-state index is 0.350. The van der Waals surface area contributed by atoms with E-state index < -0.39 is 5.60 Å². The van der Waals surface area contributed by atoms with Crippen LogP contribution < -0.4 is 0 Å². The summed E-state index contributed by atoms with van der Waals surface area (Å²) in [6.07, 6.45) is 8.18. The fourth-order valence-electron chi connectivity index (χ4n) is 2.60. The fraction of sp³-hybridized carbons (Fsp3) is 0.909. The number of aliphatic hydroxyl groups is 1. The minimum Gasteiger partial charge on any atom is -0.388 e. The molecule has 0 aliphatic heterocycles. The highest BCUT2D eigenvalue weighted by Crippen LogP contribution is 2.57. The highest BCUT2D eigenvalue weighted by molar-refractivity contribution is 5.20. The predicted octanol–water partition coefficient (Wildman–Crippen LogP) is 2.38. The molecule has 2 saturated carbocycles. The van der Waals surface area contributed by atoms with Crippen molar-refractivity contribution in [2.24, 2.45) is 5.41 Å². The summed E-state index contributed by atoms with van der Waals surface area (Å²) >= 11 is 0. The minimum atomic E-state index is -0.641. The molecular formula is C11H17NO. The SMILES string of the molecule is N#CC1(C2(O)CCCCCC2)CC1. The van der Waals surface area contributed by atoms with E-state index in [2.05, 4.69) is 6.07 Å². The van der Waals surface area contributed by atoms with Gasteiger partial charge in [0.2, 0.25) is 0 Å². The molecule has 0 unspecified atom stereocenters. The van der Waals surface area contributed by atoms with Crippen LogP contribution in [0, 0.1) is 16.7 Å². The second-order valence-corrected chi connectivity index (χ2v) is 4.64. The van der Waals surface area contributed by atoms with Gasteiger partial charge in [-0.15, -0.1) is 0 Å². The fourth-order valence-corrected chi connectivity index (χ4v) is 2.60. The molecule has 13 heavy (non-hydrogen) atoms. The predicted molar refractivity (Wildman–Crippen MR) is 49.9 cm³/mol. The molecule has 2 aliphatic carbocycles. The van der Waals surface area contributed by atoms with Crippen LogP contribution in [0.4, 0.5) is 0 Å². The van der Waals surface area contributed by atoms with Crippen LogP contribution in [-0.4, -0.2) is 10.7 Å². The van der Waals surface area contributed by atoms with Gasteiger partial charge in [-0.3, -0.25) is 0 Å². The Morgan fingerprint density at radius 2 is 1.46 bits per heavy atom. The van der Waals surface area contributed by atoms with Gasteiger partial charge < -0.3 is 5.11 Å². The van der Waals surface area contributed by atoms with Crippen molar-refractivity contribution in [3.05, 3.63) is 0 Å². The van der Waals surface area contributed by atoms with Crippen molar-refractivity contribution in [1.82, 2.24) is 0 Å². The summed E-state index contributed by atoms with van der Waals surface area (Å²) < 4.78 is 0. The zero-order valence-electron chi connectivity index (χ0n) is 8.05. The molecule has 2 rings (SSSR count). The number of rotatable bonds is 1. The molecule has 2 nitrogen and oxygen atoms in total. The van der Waals surface area contributed by atoms with Gasteiger partial charge in [-0.2, -0.15) is 5.26 Å². The van der Waals surface area contributed by atoms with Gasteiger partial charge in [0, 0.05) is 0 Å². The van der Waals surface area contributed by atoms with Crippen LogP contribution in [0.5, 0.6) is 0 Å². The lowest BCUT2D eigenvalue weighted by Gasteiger charge is -2.31. The van der Waals surface area contributed by atoms with Gasteiger partial charge in [-0.25, -0.2) is 0 Å². The molecule has 2 aliphatic rings. The van der Waals surface area contributed by atoms with Crippen LogP contribution in [0.1, 0.15) is 51.4 Å². The molecule has 0 amide bonds. The second kappa shape index (κ2) is 2.99. The molecule has 2 heteroatoms. The van der Waals surface area contributed by atoms with E-state index in [0.717, 1.165) is 38.5 Å². The van der Waals surface area contributed by atoms with Crippen LogP contribution in [0.3, 0.4) is 0 Å². The van der Waals surface area contributed by atoms with E-state index in [-0.39, 0.29) is 5.41 Å². The summed E-state index contributed by atoms with van der Waals surface area (Å²) in [6, 6.07) is 2.34. The Labute approximate surface area is 79.6 Å². The third-order valence-electron chi connectivity index (χ3n) is 3.79. The van der Waals surface area contributed by atoms with Gasteiger partial charge in [0.25, 0.3) is 0 Å². The summed E-state index contributed by atoms with van der Waals surface area (Å²) in [5, 5.41) is 19.5. The first-order valence-electron chi connectivity index (χ1n) is 5.36. The van der Waals surface area contributed by atoms with E-state index >= 15 is 0 Å². The van der Waals surface area contributed by atoms with Crippen molar-refractivity contribution in [3.8, 4) is 6.07 Å². The Bertz CT molecular complexity index is 229. The lowest BCUT2D eigenvalue weighted by Crippen LogP contribution is -2.38. The Kier molecular flexibility index (Phi) is 2.08. The molecule has 0 saturated heterocycles. The van der Waals surface area contributed by atoms with Gasteiger partial charge in [0.1, 0.15) is 0 Å². The van der Waals surface area contributed by atoms with Gasteiger partial charge in [0.05, 0.1) is 17.1 Å². The van der Waals surface area contributed by atoms with Crippen LogP contribution >= 0.6 is 0 Å². The van der Waals surface area contributed by atoms with Gasteiger partial charge in [-0.1, -0.05) is 25.7 Å². The summed E-state index contributed by atoms with van der Waals surface area (Å²) in [5.74, 6) is 0. The van der Waals surface area contributed by atoms with E-state index in [9.17, 15) is 5.11 Å². The van der Waals surface area contributed by atoms with Crippen LogP contribution in [-0.2, 0) is 0 Å². The smallest absolute Gasteiger partial charge is 0.0861 e. The average molecular weight is 179 g/mol. The van der Waals surface area contributed by atoms with Crippen molar-refractivity contribution in [2.45, 2.75) is 57.0 Å². The Balaban J connectivity index is 2.14. The third-order valence-corrected chi connectivity index (χ3v) is 3.79. The van der Waals surface area contributed by atoms with Crippen molar-refractivity contribution in [3.63, 3.8) is 0 Å². The highest BCUT2D eigenvalue weighted by atomic mass is 16.3. The molecule has 0 atom stereocenters. The van der Waals surface area contributed by atoms with Crippen molar-refractivity contribution < 1.29 is 5.11 Å². The van der Waals surface area contributed by atoms with Crippen molar-refractivity contribution in [1.29, 1.82) is 5.26 Å². The third kappa shape index (κ3) is 1.36. The zero-order chi connectivity index (χ0) is 9.36. The van der Waals surface area contributed by atoms with Gasteiger partial charge in [0.15, 0.2) is 0 Å². The van der Waals surface area contributed by atoms with E-state index in [1.165, 1.54) is 12.8 Å². The molecule has 2 fully saturated rings. The van der Waals surface area contributed by atoms with Crippen LogP contribution in [0.15, 0.2) is 0 Å². The second-order valence-electron chi connectivity index (χ2n) is 4.64. The van der Waals surface area contributed by atoms with E-state index in [4.69, 9.17) is 5.26 Å². The first-order valence-corrected chi connectivity index (χ1v) is 5.36. The number of hydrogen-bond acceptors (Lipinski definition) is 2. The maximum atomic E-state index is 10.4. The Morgan fingerprint density at radius 3 is 1.85 bits per heavy atom. The van der Waals surface area contributed by atoms with Crippen molar-refractivity contribution in [2.75, 3.05) is 0 Å². The monoisotopic (exact) mass is 179 g/mol. The molecule has 0 aromatic carbocycles. The van der Waals surface area contributed by atoms with Crippen LogP contribution in [0.25, 0.3) is 0 Å². The standard InChI is InChI=1S/C11H17NO/c12-9-10(7-8-10)11(13)5-3-1-2-4-6-11/h13H,1-8H2.